The fourth-order valence-corrected chi connectivity index (χ4v) is 2.82. The standard InChI is InChI=1S/C19H21N3O/c23-19(9-8-16-5-4-12-20-15-16)21-17-10-13-22(14-11-17)18-6-2-1-3-7-18/h1-9,12,15,17H,10-11,13-14H2,(H,21,23)/b9-8+. The number of amides is 1. The van der Waals surface area contributed by atoms with Gasteiger partial charge in [-0.1, -0.05) is 24.3 Å². The van der Waals surface area contributed by atoms with Gasteiger partial charge in [-0.15, -0.1) is 0 Å². The number of anilines is 1. The van der Waals surface area contributed by atoms with Crippen molar-refractivity contribution in [1.82, 2.24) is 10.3 Å². The highest BCUT2D eigenvalue weighted by molar-refractivity contribution is 5.91. The quantitative estimate of drug-likeness (QED) is 0.884. The van der Waals surface area contributed by atoms with Gasteiger partial charge in [-0.25, -0.2) is 0 Å². The normalized spacial score (nSPS) is 15.7. The maximum absolute atomic E-state index is 12.0. The second-order valence-corrected chi connectivity index (χ2v) is 5.73. The smallest absolute Gasteiger partial charge is 0.244 e. The Labute approximate surface area is 136 Å². The molecule has 1 amide bonds. The van der Waals surface area contributed by atoms with E-state index >= 15 is 0 Å². The summed E-state index contributed by atoms with van der Waals surface area (Å²) in [5.41, 5.74) is 2.19. The first kappa shape index (κ1) is 15.3. The van der Waals surface area contributed by atoms with Crippen LogP contribution in [0.2, 0.25) is 0 Å². The highest BCUT2D eigenvalue weighted by Gasteiger charge is 2.19. The van der Waals surface area contributed by atoms with E-state index in [0.29, 0.717) is 0 Å². The van der Waals surface area contributed by atoms with E-state index in [1.807, 2.05) is 18.2 Å². The fraction of sp³-hybridized carbons (Fsp3) is 0.263. The monoisotopic (exact) mass is 307 g/mol. The van der Waals surface area contributed by atoms with Gasteiger partial charge < -0.3 is 10.2 Å². The molecule has 1 N–H and O–H groups in total. The number of piperidine rings is 1. The number of rotatable bonds is 4. The Morgan fingerprint density at radius 3 is 2.61 bits per heavy atom. The van der Waals surface area contributed by atoms with Crippen LogP contribution in [-0.4, -0.2) is 30.0 Å². The van der Waals surface area contributed by atoms with Crippen molar-refractivity contribution in [3.8, 4) is 0 Å². The molecule has 0 radical (unpaired) electrons. The number of pyridine rings is 1. The molecule has 4 nitrogen and oxygen atoms in total. The summed E-state index contributed by atoms with van der Waals surface area (Å²) in [6.45, 7) is 1.95. The van der Waals surface area contributed by atoms with Crippen LogP contribution < -0.4 is 10.2 Å². The van der Waals surface area contributed by atoms with E-state index in [9.17, 15) is 4.79 Å². The number of nitrogens with zero attached hydrogens (tertiary/aromatic N) is 2. The van der Waals surface area contributed by atoms with Gasteiger partial charge >= 0.3 is 0 Å². The van der Waals surface area contributed by atoms with E-state index in [1.54, 1.807) is 24.5 Å². The molecule has 1 aromatic heterocycles. The largest absolute Gasteiger partial charge is 0.371 e. The first-order valence-corrected chi connectivity index (χ1v) is 8.00. The van der Waals surface area contributed by atoms with Crippen LogP contribution in [0.5, 0.6) is 0 Å². The molecule has 0 aliphatic carbocycles. The lowest BCUT2D eigenvalue weighted by molar-refractivity contribution is -0.117. The third kappa shape index (κ3) is 4.42. The SMILES string of the molecule is O=C(/C=C/c1cccnc1)NC1CCN(c2ccccc2)CC1. The van der Waals surface area contributed by atoms with Gasteiger partial charge in [0.2, 0.25) is 5.91 Å². The van der Waals surface area contributed by atoms with Crippen LogP contribution in [0.15, 0.2) is 60.9 Å². The molecule has 4 heteroatoms. The first-order valence-electron chi connectivity index (χ1n) is 8.00. The Morgan fingerprint density at radius 2 is 1.91 bits per heavy atom. The highest BCUT2D eigenvalue weighted by atomic mass is 16.1. The van der Waals surface area contributed by atoms with Gasteiger partial charge in [-0.2, -0.15) is 0 Å². The topological polar surface area (TPSA) is 45.2 Å². The highest BCUT2D eigenvalue weighted by Crippen LogP contribution is 2.19. The average Bonchev–Trinajstić information content (AvgIpc) is 2.62. The number of hydrogen-bond donors (Lipinski definition) is 1. The molecule has 2 aromatic rings. The molecule has 0 spiro atoms. The number of carbonyl (C=O) groups excluding carboxylic acids is 1. The van der Waals surface area contributed by atoms with Crippen LogP contribution in [0.4, 0.5) is 5.69 Å². The summed E-state index contributed by atoms with van der Waals surface area (Å²) in [4.78, 5) is 18.4. The van der Waals surface area contributed by atoms with E-state index < -0.39 is 0 Å². The van der Waals surface area contributed by atoms with E-state index in [0.717, 1.165) is 31.5 Å². The molecule has 1 saturated heterocycles. The average molecular weight is 307 g/mol. The van der Waals surface area contributed by atoms with Gasteiger partial charge in [0.15, 0.2) is 0 Å². The molecule has 1 aromatic carbocycles. The number of benzene rings is 1. The van der Waals surface area contributed by atoms with Gasteiger partial charge in [0.25, 0.3) is 0 Å². The summed E-state index contributed by atoms with van der Waals surface area (Å²) >= 11 is 0. The van der Waals surface area contributed by atoms with Gasteiger partial charge in [0, 0.05) is 43.3 Å². The van der Waals surface area contributed by atoms with Crippen LogP contribution in [0.25, 0.3) is 6.08 Å². The van der Waals surface area contributed by atoms with E-state index in [-0.39, 0.29) is 11.9 Å². The molecule has 3 rings (SSSR count). The Balaban J connectivity index is 1.47. The maximum Gasteiger partial charge on any atom is 0.244 e. The number of carbonyl (C=O) groups is 1. The van der Waals surface area contributed by atoms with Crippen molar-refractivity contribution in [2.24, 2.45) is 0 Å². The second kappa shape index (κ2) is 7.58. The molecule has 0 atom stereocenters. The van der Waals surface area contributed by atoms with Gasteiger partial charge in [0.1, 0.15) is 0 Å². The third-order valence-electron chi connectivity index (χ3n) is 4.07. The summed E-state index contributed by atoms with van der Waals surface area (Å²) < 4.78 is 0. The van der Waals surface area contributed by atoms with Gasteiger partial charge in [0.05, 0.1) is 0 Å². The number of aromatic nitrogens is 1. The zero-order valence-corrected chi connectivity index (χ0v) is 13.1. The molecule has 0 unspecified atom stereocenters. The Hall–Kier alpha value is -2.62. The molecule has 1 aliphatic rings. The number of para-hydroxylation sites is 1. The lowest BCUT2D eigenvalue weighted by atomic mass is 10.0. The molecule has 23 heavy (non-hydrogen) atoms. The third-order valence-corrected chi connectivity index (χ3v) is 4.07. The molecule has 118 valence electrons. The summed E-state index contributed by atoms with van der Waals surface area (Å²) in [5.74, 6) is -0.0352. The van der Waals surface area contributed by atoms with E-state index in [2.05, 4.69) is 39.5 Å². The molecular weight excluding hydrogens is 286 g/mol. The van der Waals surface area contributed by atoms with Crippen molar-refractivity contribution in [1.29, 1.82) is 0 Å². The van der Waals surface area contributed by atoms with Crippen LogP contribution >= 0.6 is 0 Å². The van der Waals surface area contributed by atoms with Crippen molar-refractivity contribution >= 4 is 17.7 Å². The van der Waals surface area contributed by atoms with E-state index in [1.165, 1.54) is 5.69 Å². The summed E-state index contributed by atoms with van der Waals surface area (Å²) in [5, 5.41) is 3.09. The number of hydrogen-bond acceptors (Lipinski definition) is 3. The molecule has 2 heterocycles. The minimum Gasteiger partial charge on any atom is -0.371 e. The zero-order chi connectivity index (χ0) is 15.9. The van der Waals surface area contributed by atoms with Crippen LogP contribution in [0.3, 0.4) is 0 Å². The molecular formula is C19H21N3O. The molecule has 1 fully saturated rings. The van der Waals surface area contributed by atoms with Crippen molar-refractivity contribution in [3.05, 3.63) is 66.5 Å². The lowest BCUT2D eigenvalue weighted by Gasteiger charge is -2.33. The van der Waals surface area contributed by atoms with Crippen molar-refractivity contribution < 1.29 is 4.79 Å². The van der Waals surface area contributed by atoms with Gasteiger partial charge in [-0.3, -0.25) is 9.78 Å². The maximum atomic E-state index is 12.0. The Morgan fingerprint density at radius 1 is 1.13 bits per heavy atom. The van der Waals surface area contributed by atoms with Crippen LogP contribution in [-0.2, 0) is 4.79 Å². The zero-order valence-electron chi connectivity index (χ0n) is 13.1. The van der Waals surface area contributed by atoms with Crippen LogP contribution in [0, 0.1) is 0 Å². The molecule has 1 aliphatic heterocycles. The second-order valence-electron chi connectivity index (χ2n) is 5.73. The van der Waals surface area contributed by atoms with Crippen molar-refractivity contribution in [2.75, 3.05) is 18.0 Å². The minimum atomic E-state index is -0.0352. The predicted molar refractivity (Wildman–Crippen MR) is 93.1 cm³/mol. The predicted octanol–water partition coefficient (Wildman–Crippen LogP) is 2.88. The van der Waals surface area contributed by atoms with Gasteiger partial charge in [-0.05, 0) is 42.7 Å². The van der Waals surface area contributed by atoms with E-state index in [4.69, 9.17) is 0 Å². The summed E-state index contributed by atoms with van der Waals surface area (Å²) in [6.07, 6.45) is 8.78. The molecule has 0 bridgehead atoms. The Bertz CT molecular complexity index is 647. The molecule has 0 saturated carbocycles. The van der Waals surface area contributed by atoms with Crippen molar-refractivity contribution in [3.63, 3.8) is 0 Å². The fourth-order valence-electron chi connectivity index (χ4n) is 2.82. The first-order chi connectivity index (χ1) is 11.3. The Kier molecular flexibility index (Phi) is 5.04. The summed E-state index contributed by atoms with van der Waals surface area (Å²) in [7, 11) is 0. The van der Waals surface area contributed by atoms with Crippen molar-refractivity contribution in [2.45, 2.75) is 18.9 Å². The summed E-state index contributed by atoms with van der Waals surface area (Å²) in [6, 6.07) is 14.5. The minimum absolute atomic E-state index is 0.0352. The number of nitrogens with one attached hydrogen (secondary N) is 1. The van der Waals surface area contributed by atoms with Crippen LogP contribution in [0.1, 0.15) is 18.4 Å². The lowest BCUT2D eigenvalue weighted by Crippen LogP contribution is -2.44.